The summed E-state index contributed by atoms with van der Waals surface area (Å²) < 4.78 is 5.81. The van der Waals surface area contributed by atoms with Crippen molar-refractivity contribution in [3.8, 4) is 0 Å². The highest BCUT2D eigenvalue weighted by molar-refractivity contribution is 5.79. The largest absolute Gasteiger partial charge is 0.373 e. The quantitative estimate of drug-likeness (QED) is 0.887. The van der Waals surface area contributed by atoms with Crippen LogP contribution in [-0.2, 0) is 16.1 Å². The van der Waals surface area contributed by atoms with Gasteiger partial charge in [-0.2, -0.15) is 10.2 Å². The van der Waals surface area contributed by atoms with Gasteiger partial charge in [0.25, 0.3) is 0 Å². The van der Waals surface area contributed by atoms with E-state index in [1.165, 1.54) is 0 Å². The van der Waals surface area contributed by atoms with Gasteiger partial charge in [0, 0.05) is 31.6 Å². The Labute approximate surface area is 122 Å². The van der Waals surface area contributed by atoms with Gasteiger partial charge in [0.1, 0.15) is 0 Å². The molecule has 0 aliphatic carbocycles. The Morgan fingerprint density at radius 1 is 1.52 bits per heavy atom. The molecule has 1 saturated heterocycles. The number of amides is 1. The van der Waals surface area contributed by atoms with E-state index in [0.717, 1.165) is 24.1 Å². The van der Waals surface area contributed by atoms with Gasteiger partial charge in [-0.25, -0.2) is 0 Å². The van der Waals surface area contributed by atoms with E-state index in [9.17, 15) is 4.79 Å². The summed E-state index contributed by atoms with van der Waals surface area (Å²) in [5, 5.41) is 13.5. The lowest BCUT2D eigenvalue weighted by molar-refractivity contribution is -0.144. The minimum Gasteiger partial charge on any atom is -0.373 e. The van der Waals surface area contributed by atoms with Gasteiger partial charge in [-0.3, -0.25) is 15.0 Å². The zero-order valence-corrected chi connectivity index (χ0v) is 12.0. The summed E-state index contributed by atoms with van der Waals surface area (Å²) >= 11 is 0. The van der Waals surface area contributed by atoms with Crippen LogP contribution in [0, 0.1) is 5.92 Å². The van der Waals surface area contributed by atoms with E-state index < -0.39 is 0 Å². The second kappa shape index (κ2) is 6.09. The van der Waals surface area contributed by atoms with Crippen LogP contribution in [0.5, 0.6) is 0 Å². The summed E-state index contributed by atoms with van der Waals surface area (Å²) in [6, 6.07) is 1.87. The Morgan fingerprint density at radius 2 is 2.43 bits per heavy atom. The lowest BCUT2D eigenvalue weighted by Gasteiger charge is -2.32. The summed E-state index contributed by atoms with van der Waals surface area (Å²) in [6.07, 6.45) is 6.74. The zero-order chi connectivity index (χ0) is 14.7. The topological polar surface area (TPSA) is 86.9 Å². The third kappa shape index (κ3) is 2.97. The van der Waals surface area contributed by atoms with Gasteiger partial charge in [-0.15, -0.1) is 0 Å². The number of ether oxygens (including phenoxy) is 1. The number of hydrogen-bond acceptors (Lipinski definition) is 4. The number of nitrogens with zero attached hydrogens (tertiary/aromatic N) is 3. The monoisotopic (exact) mass is 289 g/mol. The van der Waals surface area contributed by atoms with Crippen LogP contribution >= 0.6 is 0 Å². The maximum atomic E-state index is 12.7. The molecule has 1 aliphatic rings. The van der Waals surface area contributed by atoms with Crippen molar-refractivity contribution in [1.82, 2.24) is 25.3 Å². The Bertz CT molecular complexity index is 566. The summed E-state index contributed by atoms with van der Waals surface area (Å²) in [5.41, 5.74) is 1.85. The molecule has 7 nitrogen and oxygen atoms in total. The molecule has 21 heavy (non-hydrogen) atoms. The van der Waals surface area contributed by atoms with Crippen LogP contribution < -0.4 is 0 Å². The third-order valence-corrected chi connectivity index (χ3v) is 3.83. The van der Waals surface area contributed by atoms with E-state index in [1.54, 1.807) is 23.5 Å². The molecule has 7 heteroatoms. The van der Waals surface area contributed by atoms with Crippen molar-refractivity contribution < 1.29 is 9.53 Å². The van der Waals surface area contributed by atoms with E-state index in [2.05, 4.69) is 20.4 Å². The standard InChI is InChI=1S/C14H19N5O2/c1-19(9-11-4-5-15-18-11)14(20)12-3-2-6-21-13(12)10-7-16-17-8-10/h4-5,7-8,12-13H,2-3,6,9H2,1H3,(H,15,18)(H,16,17)/t12-,13+/m1/s1. The van der Waals surface area contributed by atoms with Crippen LogP contribution in [-0.4, -0.2) is 44.9 Å². The highest BCUT2D eigenvalue weighted by atomic mass is 16.5. The molecular weight excluding hydrogens is 270 g/mol. The molecule has 0 bridgehead atoms. The summed E-state index contributed by atoms with van der Waals surface area (Å²) in [4.78, 5) is 14.4. The first-order valence-electron chi connectivity index (χ1n) is 7.09. The molecule has 0 radical (unpaired) electrons. The molecule has 2 N–H and O–H groups in total. The molecule has 1 amide bonds. The Kier molecular flexibility index (Phi) is 4.01. The van der Waals surface area contributed by atoms with Crippen molar-refractivity contribution in [3.63, 3.8) is 0 Å². The number of nitrogens with one attached hydrogen (secondary N) is 2. The number of aromatic nitrogens is 4. The van der Waals surface area contributed by atoms with E-state index in [-0.39, 0.29) is 17.9 Å². The number of aromatic amines is 2. The lowest BCUT2D eigenvalue weighted by atomic mass is 9.89. The fourth-order valence-electron chi connectivity index (χ4n) is 2.77. The summed E-state index contributed by atoms with van der Waals surface area (Å²) in [6.45, 7) is 1.21. The lowest BCUT2D eigenvalue weighted by Crippen LogP contribution is -2.38. The SMILES string of the molecule is CN(Cc1ccn[nH]1)C(=O)[C@@H]1CCCO[C@H]1c1cn[nH]c1. The number of rotatable bonds is 4. The van der Waals surface area contributed by atoms with Gasteiger partial charge in [-0.05, 0) is 18.9 Å². The van der Waals surface area contributed by atoms with E-state index in [0.29, 0.717) is 13.2 Å². The van der Waals surface area contributed by atoms with Crippen molar-refractivity contribution in [3.05, 3.63) is 35.9 Å². The first-order valence-corrected chi connectivity index (χ1v) is 7.09. The molecular formula is C14H19N5O2. The second-order valence-electron chi connectivity index (χ2n) is 5.35. The Hall–Kier alpha value is -2.15. The summed E-state index contributed by atoms with van der Waals surface area (Å²) in [5.74, 6) is -0.0697. The number of carbonyl (C=O) groups is 1. The molecule has 112 valence electrons. The molecule has 0 saturated carbocycles. The molecule has 0 unspecified atom stereocenters. The third-order valence-electron chi connectivity index (χ3n) is 3.83. The van der Waals surface area contributed by atoms with Crippen LogP contribution in [0.2, 0.25) is 0 Å². The van der Waals surface area contributed by atoms with Gasteiger partial charge in [-0.1, -0.05) is 0 Å². The van der Waals surface area contributed by atoms with Gasteiger partial charge in [0.05, 0.1) is 30.5 Å². The average Bonchev–Trinajstić information content (AvgIpc) is 3.19. The molecule has 2 atom stereocenters. The predicted molar refractivity (Wildman–Crippen MR) is 75.1 cm³/mol. The smallest absolute Gasteiger partial charge is 0.228 e. The van der Waals surface area contributed by atoms with E-state index in [4.69, 9.17) is 4.74 Å². The molecule has 3 heterocycles. The highest BCUT2D eigenvalue weighted by Gasteiger charge is 2.35. The van der Waals surface area contributed by atoms with Crippen LogP contribution in [0.15, 0.2) is 24.7 Å². The van der Waals surface area contributed by atoms with Gasteiger partial charge in [0.15, 0.2) is 0 Å². The van der Waals surface area contributed by atoms with E-state index in [1.807, 2.05) is 13.1 Å². The van der Waals surface area contributed by atoms with Gasteiger partial charge in [0.2, 0.25) is 5.91 Å². The van der Waals surface area contributed by atoms with Crippen LogP contribution in [0.4, 0.5) is 0 Å². The highest BCUT2D eigenvalue weighted by Crippen LogP contribution is 2.34. The van der Waals surface area contributed by atoms with Crippen LogP contribution in [0.25, 0.3) is 0 Å². The number of carbonyl (C=O) groups excluding carboxylic acids is 1. The number of H-pyrrole nitrogens is 2. The van der Waals surface area contributed by atoms with Gasteiger partial charge >= 0.3 is 0 Å². The predicted octanol–water partition coefficient (Wildman–Crippen LogP) is 1.26. The van der Waals surface area contributed by atoms with Crippen molar-refractivity contribution in [2.45, 2.75) is 25.5 Å². The van der Waals surface area contributed by atoms with Gasteiger partial charge < -0.3 is 9.64 Å². The Morgan fingerprint density at radius 3 is 3.14 bits per heavy atom. The maximum absolute atomic E-state index is 12.7. The molecule has 0 spiro atoms. The zero-order valence-electron chi connectivity index (χ0n) is 12.0. The van der Waals surface area contributed by atoms with Crippen LogP contribution in [0.3, 0.4) is 0 Å². The van der Waals surface area contributed by atoms with E-state index >= 15 is 0 Å². The number of hydrogen-bond donors (Lipinski definition) is 2. The van der Waals surface area contributed by atoms with Crippen molar-refractivity contribution in [2.75, 3.05) is 13.7 Å². The fourth-order valence-corrected chi connectivity index (χ4v) is 2.77. The minimum atomic E-state index is -0.214. The first-order chi connectivity index (χ1) is 10.3. The fraction of sp³-hybridized carbons (Fsp3) is 0.500. The molecule has 1 fully saturated rings. The Balaban J connectivity index is 1.72. The second-order valence-corrected chi connectivity index (χ2v) is 5.35. The minimum absolute atomic E-state index is 0.0931. The van der Waals surface area contributed by atoms with Crippen molar-refractivity contribution in [2.24, 2.45) is 5.92 Å². The average molecular weight is 289 g/mol. The normalized spacial score (nSPS) is 22.1. The maximum Gasteiger partial charge on any atom is 0.228 e. The molecule has 3 rings (SSSR count). The molecule has 0 aromatic carbocycles. The summed E-state index contributed by atoms with van der Waals surface area (Å²) in [7, 11) is 1.81. The first kappa shape index (κ1) is 13.8. The molecule has 1 aliphatic heterocycles. The van der Waals surface area contributed by atoms with Crippen molar-refractivity contribution in [1.29, 1.82) is 0 Å². The molecule has 2 aromatic heterocycles. The molecule has 2 aromatic rings. The van der Waals surface area contributed by atoms with Crippen LogP contribution in [0.1, 0.15) is 30.2 Å². The van der Waals surface area contributed by atoms with Crippen molar-refractivity contribution >= 4 is 5.91 Å².